The van der Waals surface area contributed by atoms with Crippen LogP contribution in [0, 0.1) is 11.6 Å². The number of aromatic nitrogens is 2. The Morgan fingerprint density at radius 1 is 1.39 bits per heavy atom. The summed E-state index contributed by atoms with van der Waals surface area (Å²) in [5.41, 5.74) is 0.106. The Morgan fingerprint density at radius 2 is 2.22 bits per heavy atom. The number of aliphatic hydroxyl groups excluding tert-OH is 1. The molecule has 0 radical (unpaired) electrons. The third kappa shape index (κ3) is 3.39. The molecule has 3 rings (SSSR count). The van der Waals surface area contributed by atoms with Crippen LogP contribution in [0.2, 0.25) is 0 Å². The average Bonchev–Trinajstić information content (AvgIpc) is 3.16. The maximum Gasteiger partial charge on any atom is 0.225 e. The quantitative estimate of drug-likeness (QED) is 0.935. The van der Waals surface area contributed by atoms with E-state index in [0.29, 0.717) is 6.54 Å². The van der Waals surface area contributed by atoms with Crippen molar-refractivity contribution in [3.8, 4) is 0 Å². The molecule has 1 amide bonds. The van der Waals surface area contributed by atoms with E-state index in [1.807, 2.05) is 0 Å². The van der Waals surface area contributed by atoms with Crippen LogP contribution in [0.1, 0.15) is 24.4 Å². The third-order valence-electron chi connectivity index (χ3n) is 4.03. The summed E-state index contributed by atoms with van der Waals surface area (Å²) in [6, 6.07) is 4.28. The Bertz CT molecular complexity index is 691. The lowest BCUT2D eigenvalue weighted by atomic mass is 10.0. The second kappa shape index (κ2) is 6.45. The van der Waals surface area contributed by atoms with Crippen molar-refractivity contribution in [2.75, 3.05) is 6.54 Å². The van der Waals surface area contributed by atoms with Crippen LogP contribution in [0.4, 0.5) is 8.78 Å². The van der Waals surface area contributed by atoms with Gasteiger partial charge in [0.2, 0.25) is 5.91 Å². The molecule has 0 aliphatic carbocycles. The van der Waals surface area contributed by atoms with Crippen LogP contribution in [0.3, 0.4) is 0 Å². The standard InChI is InChI=1S/C16H17F2N3O2/c17-11-2-3-14(18)13(8-11)15-9-12(22)10-21(15)16(23)4-7-20-6-1-5-19-20/h1-3,5-6,8,12,15,22H,4,7,9-10H2. The fourth-order valence-electron chi connectivity index (χ4n) is 2.94. The normalized spacial score (nSPS) is 20.9. The van der Waals surface area contributed by atoms with Crippen molar-refractivity contribution in [1.82, 2.24) is 14.7 Å². The summed E-state index contributed by atoms with van der Waals surface area (Å²) in [6.45, 7) is 0.523. The lowest BCUT2D eigenvalue weighted by Crippen LogP contribution is -2.32. The van der Waals surface area contributed by atoms with Crippen molar-refractivity contribution in [1.29, 1.82) is 0 Å². The van der Waals surface area contributed by atoms with E-state index in [2.05, 4.69) is 5.10 Å². The van der Waals surface area contributed by atoms with Crippen molar-refractivity contribution in [2.24, 2.45) is 0 Å². The van der Waals surface area contributed by atoms with E-state index < -0.39 is 23.8 Å². The summed E-state index contributed by atoms with van der Waals surface area (Å²) in [5.74, 6) is -1.35. The minimum atomic E-state index is -0.740. The highest BCUT2D eigenvalue weighted by molar-refractivity contribution is 5.77. The van der Waals surface area contributed by atoms with Crippen LogP contribution in [0.5, 0.6) is 0 Å². The first kappa shape index (κ1) is 15.6. The number of rotatable bonds is 4. The molecule has 0 bridgehead atoms. The van der Waals surface area contributed by atoms with Gasteiger partial charge in [-0.05, 0) is 30.7 Å². The zero-order valence-corrected chi connectivity index (χ0v) is 12.4. The molecule has 1 saturated heterocycles. The highest BCUT2D eigenvalue weighted by Gasteiger charge is 2.36. The van der Waals surface area contributed by atoms with Gasteiger partial charge < -0.3 is 10.0 Å². The average molecular weight is 321 g/mol. The second-order valence-corrected chi connectivity index (χ2v) is 5.64. The molecule has 1 aromatic carbocycles. The van der Waals surface area contributed by atoms with Crippen LogP contribution in [0.15, 0.2) is 36.7 Å². The Morgan fingerprint density at radius 3 is 2.96 bits per heavy atom. The highest BCUT2D eigenvalue weighted by atomic mass is 19.1. The lowest BCUT2D eigenvalue weighted by Gasteiger charge is -2.25. The van der Waals surface area contributed by atoms with Gasteiger partial charge in [0.25, 0.3) is 0 Å². The minimum absolute atomic E-state index is 0.106. The molecular weight excluding hydrogens is 304 g/mol. The predicted octanol–water partition coefficient (Wildman–Crippen LogP) is 1.89. The summed E-state index contributed by atoms with van der Waals surface area (Å²) in [7, 11) is 0. The molecule has 0 saturated carbocycles. The van der Waals surface area contributed by atoms with Gasteiger partial charge >= 0.3 is 0 Å². The predicted molar refractivity (Wildman–Crippen MR) is 78.3 cm³/mol. The molecule has 1 N–H and O–H groups in total. The molecule has 5 nitrogen and oxygen atoms in total. The topological polar surface area (TPSA) is 58.4 Å². The number of hydrogen-bond donors (Lipinski definition) is 1. The number of aliphatic hydroxyl groups is 1. The fourth-order valence-corrected chi connectivity index (χ4v) is 2.94. The van der Waals surface area contributed by atoms with Gasteiger partial charge in [0, 0.05) is 37.5 Å². The molecule has 2 unspecified atom stereocenters. The maximum atomic E-state index is 14.0. The maximum absolute atomic E-state index is 14.0. The van der Waals surface area contributed by atoms with E-state index in [4.69, 9.17) is 0 Å². The van der Waals surface area contributed by atoms with Crippen LogP contribution >= 0.6 is 0 Å². The van der Waals surface area contributed by atoms with E-state index >= 15 is 0 Å². The number of nitrogens with zero attached hydrogens (tertiary/aromatic N) is 3. The first-order chi connectivity index (χ1) is 11.0. The van der Waals surface area contributed by atoms with E-state index in [-0.39, 0.29) is 30.9 Å². The Kier molecular flexibility index (Phi) is 4.38. The first-order valence-electron chi connectivity index (χ1n) is 7.44. The molecule has 2 atom stereocenters. The highest BCUT2D eigenvalue weighted by Crippen LogP contribution is 2.34. The van der Waals surface area contributed by atoms with E-state index in [1.165, 1.54) is 4.90 Å². The number of amides is 1. The first-order valence-corrected chi connectivity index (χ1v) is 7.44. The van der Waals surface area contributed by atoms with Crippen LogP contribution in [-0.2, 0) is 11.3 Å². The number of carbonyl (C=O) groups excluding carboxylic acids is 1. The molecule has 7 heteroatoms. The number of hydrogen-bond acceptors (Lipinski definition) is 3. The number of aryl methyl sites for hydroxylation is 1. The van der Waals surface area contributed by atoms with Gasteiger partial charge in [-0.2, -0.15) is 5.10 Å². The SMILES string of the molecule is O=C(CCn1cccn1)N1CC(O)CC1c1cc(F)ccc1F. The lowest BCUT2D eigenvalue weighted by molar-refractivity contribution is -0.132. The molecular formula is C16H17F2N3O2. The van der Waals surface area contributed by atoms with E-state index in [1.54, 1.807) is 23.1 Å². The van der Waals surface area contributed by atoms with Crippen LogP contribution < -0.4 is 0 Å². The van der Waals surface area contributed by atoms with Gasteiger partial charge in [0.1, 0.15) is 11.6 Å². The van der Waals surface area contributed by atoms with E-state index in [0.717, 1.165) is 18.2 Å². The third-order valence-corrected chi connectivity index (χ3v) is 4.03. The molecule has 23 heavy (non-hydrogen) atoms. The smallest absolute Gasteiger partial charge is 0.225 e. The molecule has 2 heterocycles. The molecule has 1 fully saturated rings. The number of β-amino-alcohol motifs (C(OH)–C–C–N with tert-alkyl or cyclic N) is 1. The van der Waals surface area contributed by atoms with Gasteiger partial charge in [0.05, 0.1) is 12.1 Å². The molecule has 1 aromatic heterocycles. The summed E-state index contributed by atoms with van der Waals surface area (Å²) < 4.78 is 29.0. The van der Waals surface area contributed by atoms with Gasteiger partial charge in [-0.1, -0.05) is 0 Å². The number of benzene rings is 1. The number of carbonyl (C=O) groups is 1. The van der Waals surface area contributed by atoms with E-state index in [9.17, 15) is 18.7 Å². The van der Waals surface area contributed by atoms with Crippen molar-refractivity contribution in [3.63, 3.8) is 0 Å². The fraction of sp³-hybridized carbons (Fsp3) is 0.375. The van der Waals surface area contributed by atoms with Gasteiger partial charge in [0.15, 0.2) is 0 Å². The molecule has 122 valence electrons. The molecule has 2 aromatic rings. The number of halogens is 2. The number of likely N-dealkylation sites (tertiary alicyclic amines) is 1. The molecule has 0 spiro atoms. The summed E-state index contributed by atoms with van der Waals surface area (Å²) >= 11 is 0. The molecule has 1 aliphatic rings. The monoisotopic (exact) mass is 321 g/mol. The zero-order chi connectivity index (χ0) is 16.4. The summed E-state index contributed by atoms with van der Waals surface area (Å²) in [4.78, 5) is 13.8. The molecule has 1 aliphatic heterocycles. The van der Waals surface area contributed by atoms with Gasteiger partial charge in [-0.3, -0.25) is 9.48 Å². The van der Waals surface area contributed by atoms with Crippen molar-refractivity contribution < 1.29 is 18.7 Å². The Balaban J connectivity index is 1.76. The minimum Gasteiger partial charge on any atom is -0.391 e. The van der Waals surface area contributed by atoms with Gasteiger partial charge in [-0.15, -0.1) is 0 Å². The van der Waals surface area contributed by atoms with Crippen molar-refractivity contribution in [2.45, 2.75) is 31.5 Å². The second-order valence-electron chi connectivity index (χ2n) is 5.64. The van der Waals surface area contributed by atoms with Crippen molar-refractivity contribution in [3.05, 3.63) is 53.9 Å². The van der Waals surface area contributed by atoms with Crippen LogP contribution in [0.25, 0.3) is 0 Å². The van der Waals surface area contributed by atoms with Crippen molar-refractivity contribution >= 4 is 5.91 Å². The zero-order valence-electron chi connectivity index (χ0n) is 12.4. The Hall–Kier alpha value is -2.28. The summed E-state index contributed by atoms with van der Waals surface area (Å²) in [6.07, 6.45) is 3.01. The Labute approximate surface area is 132 Å². The van der Waals surface area contributed by atoms with Crippen LogP contribution in [-0.4, -0.2) is 38.3 Å². The summed E-state index contributed by atoms with van der Waals surface area (Å²) in [5, 5.41) is 13.9. The van der Waals surface area contributed by atoms with Gasteiger partial charge in [-0.25, -0.2) is 8.78 Å². The largest absolute Gasteiger partial charge is 0.391 e.